The molecule has 0 fully saturated rings. The quantitative estimate of drug-likeness (QED) is 0.530. The summed E-state index contributed by atoms with van der Waals surface area (Å²) in [6.07, 6.45) is 0. The second kappa shape index (κ2) is 6.32. The van der Waals surface area contributed by atoms with Crippen LogP contribution in [0.4, 0.5) is 0 Å². The highest BCUT2D eigenvalue weighted by Gasteiger charge is 2.46. The molecule has 0 unspecified atom stereocenters. The Balaban J connectivity index is 1.83. The van der Waals surface area contributed by atoms with E-state index in [1.54, 1.807) is 14.2 Å². The van der Waals surface area contributed by atoms with Gasteiger partial charge in [-0.15, -0.1) is 0 Å². The fourth-order valence-corrected chi connectivity index (χ4v) is 3.63. The molecule has 1 atom stereocenters. The fourth-order valence-electron chi connectivity index (χ4n) is 3.63. The van der Waals surface area contributed by atoms with Gasteiger partial charge in [-0.2, -0.15) is 0 Å². The average Bonchev–Trinajstić information content (AvgIpc) is 2.77. The lowest BCUT2D eigenvalue weighted by atomic mass is 9.93. The van der Waals surface area contributed by atoms with Gasteiger partial charge in [-0.25, -0.2) is 9.97 Å². The zero-order valence-electron chi connectivity index (χ0n) is 15.5. The smallest absolute Gasteiger partial charge is 0.283 e. The van der Waals surface area contributed by atoms with E-state index in [9.17, 15) is 0 Å². The molecule has 4 aromatic rings. The Morgan fingerprint density at radius 3 is 2.18 bits per heavy atom. The van der Waals surface area contributed by atoms with E-state index in [-0.39, 0.29) is 0 Å². The SMILES string of the molecule is COc1ccc([C@]2(OC)Oc3ccccc3-c3nc4ccccc4nc32)cc1. The first-order valence-corrected chi connectivity index (χ1v) is 9.00. The minimum absolute atomic E-state index is 0.637. The van der Waals surface area contributed by atoms with E-state index in [2.05, 4.69) is 0 Å². The summed E-state index contributed by atoms with van der Waals surface area (Å²) in [6.45, 7) is 0. The number of fused-ring (bicyclic) bond motifs is 4. The number of rotatable bonds is 3. The van der Waals surface area contributed by atoms with Crippen molar-refractivity contribution < 1.29 is 14.2 Å². The van der Waals surface area contributed by atoms with Crippen LogP contribution >= 0.6 is 0 Å². The molecule has 2 heterocycles. The zero-order valence-corrected chi connectivity index (χ0v) is 15.5. The van der Waals surface area contributed by atoms with Gasteiger partial charge in [-0.05, 0) is 48.5 Å². The Bertz CT molecular complexity index is 1170. The summed E-state index contributed by atoms with van der Waals surface area (Å²) in [4.78, 5) is 9.83. The Labute approximate surface area is 162 Å². The number of methoxy groups -OCH3 is 2. The Hall–Kier alpha value is -3.44. The van der Waals surface area contributed by atoms with Crippen molar-refractivity contribution in [3.8, 4) is 22.8 Å². The predicted molar refractivity (Wildman–Crippen MR) is 106 cm³/mol. The number of benzene rings is 3. The van der Waals surface area contributed by atoms with Crippen molar-refractivity contribution in [3.63, 3.8) is 0 Å². The minimum atomic E-state index is -1.20. The molecule has 28 heavy (non-hydrogen) atoms. The van der Waals surface area contributed by atoms with Crippen molar-refractivity contribution in [2.75, 3.05) is 14.2 Å². The van der Waals surface area contributed by atoms with E-state index in [1.807, 2.05) is 72.8 Å². The standard InChI is InChI=1S/C23H18N2O3/c1-26-16-13-11-15(12-14-16)23(27-2)22-21(17-7-3-6-10-20(17)28-23)24-18-8-4-5-9-19(18)25-22/h3-14H,1-2H3/t23-/m0/s1. The van der Waals surface area contributed by atoms with Crippen LogP contribution in [0.2, 0.25) is 0 Å². The van der Waals surface area contributed by atoms with Crippen LogP contribution < -0.4 is 9.47 Å². The Morgan fingerprint density at radius 2 is 1.46 bits per heavy atom. The second-order valence-corrected chi connectivity index (χ2v) is 6.56. The van der Waals surface area contributed by atoms with Gasteiger partial charge in [-0.3, -0.25) is 0 Å². The molecular weight excluding hydrogens is 352 g/mol. The van der Waals surface area contributed by atoms with E-state index in [0.29, 0.717) is 11.4 Å². The summed E-state index contributed by atoms with van der Waals surface area (Å²) < 4.78 is 17.7. The molecule has 3 aromatic carbocycles. The lowest BCUT2D eigenvalue weighted by Crippen LogP contribution is -2.40. The first-order chi connectivity index (χ1) is 13.7. The lowest BCUT2D eigenvalue weighted by molar-refractivity contribution is -0.142. The van der Waals surface area contributed by atoms with Gasteiger partial charge >= 0.3 is 0 Å². The van der Waals surface area contributed by atoms with Crippen molar-refractivity contribution in [2.45, 2.75) is 5.79 Å². The van der Waals surface area contributed by atoms with Crippen LogP contribution in [0, 0.1) is 0 Å². The van der Waals surface area contributed by atoms with Crippen LogP contribution in [0.15, 0.2) is 72.8 Å². The van der Waals surface area contributed by atoms with Crippen LogP contribution in [-0.2, 0) is 10.5 Å². The van der Waals surface area contributed by atoms with E-state index in [0.717, 1.165) is 33.6 Å². The Kier molecular flexibility index (Phi) is 3.77. The molecule has 0 saturated carbocycles. The van der Waals surface area contributed by atoms with Gasteiger partial charge < -0.3 is 14.2 Å². The summed E-state index contributed by atoms with van der Waals surface area (Å²) in [7, 11) is 3.26. The van der Waals surface area contributed by atoms with Gasteiger partial charge in [0, 0.05) is 18.2 Å². The van der Waals surface area contributed by atoms with E-state index in [1.165, 1.54) is 0 Å². The molecule has 1 aromatic heterocycles. The fraction of sp³-hybridized carbons (Fsp3) is 0.130. The van der Waals surface area contributed by atoms with Crippen molar-refractivity contribution in [1.82, 2.24) is 9.97 Å². The topological polar surface area (TPSA) is 53.5 Å². The summed E-state index contributed by atoms with van der Waals surface area (Å²) in [6, 6.07) is 23.3. The zero-order chi connectivity index (χ0) is 19.1. The molecule has 0 saturated heterocycles. The normalized spacial score (nSPS) is 17.5. The summed E-state index contributed by atoms with van der Waals surface area (Å²) >= 11 is 0. The maximum absolute atomic E-state index is 6.44. The molecule has 0 spiro atoms. The van der Waals surface area contributed by atoms with Gasteiger partial charge in [-0.1, -0.05) is 24.3 Å². The van der Waals surface area contributed by atoms with Gasteiger partial charge in [0.1, 0.15) is 22.9 Å². The molecular formula is C23H18N2O3. The van der Waals surface area contributed by atoms with Crippen molar-refractivity contribution in [2.24, 2.45) is 0 Å². The molecule has 0 bridgehead atoms. The van der Waals surface area contributed by atoms with Gasteiger partial charge in [0.05, 0.1) is 18.1 Å². The second-order valence-electron chi connectivity index (χ2n) is 6.56. The molecule has 0 amide bonds. The molecule has 138 valence electrons. The third kappa shape index (κ3) is 2.37. The number of nitrogens with zero attached hydrogens (tertiary/aromatic N) is 2. The summed E-state index contributed by atoms with van der Waals surface area (Å²) in [5.74, 6) is 0.265. The molecule has 0 N–H and O–H groups in total. The van der Waals surface area contributed by atoms with Crippen molar-refractivity contribution >= 4 is 11.0 Å². The molecule has 0 radical (unpaired) electrons. The maximum atomic E-state index is 6.44. The monoisotopic (exact) mass is 370 g/mol. The van der Waals surface area contributed by atoms with Crippen LogP contribution in [-0.4, -0.2) is 24.2 Å². The molecule has 5 heteroatoms. The number of aromatic nitrogens is 2. The Morgan fingerprint density at radius 1 is 0.786 bits per heavy atom. The first-order valence-electron chi connectivity index (χ1n) is 9.00. The third-order valence-corrected chi connectivity index (χ3v) is 5.04. The first kappa shape index (κ1) is 16.7. The maximum Gasteiger partial charge on any atom is 0.283 e. The largest absolute Gasteiger partial charge is 0.497 e. The number of hydrogen-bond acceptors (Lipinski definition) is 5. The molecule has 1 aliphatic rings. The van der Waals surface area contributed by atoms with Crippen molar-refractivity contribution in [1.29, 1.82) is 0 Å². The number of ether oxygens (including phenoxy) is 3. The molecule has 5 nitrogen and oxygen atoms in total. The summed E-state index contributed by atoms with van der Waals surface area (Å²) in [5, 5.41) is 0. The predicted octanol–water partition coefficient (Wildman–Crippen LogP) is 4.55. The minimum Gasteiger partial charge on any atom is -0.497 e. The average molecular weight is 370 g/mol. The van der Waals surface area contributed by atoms with Crippen LogP contribution in [0.3, 0.4) is 0 Å². The highest BCUT2D eigenvalue weighted by Crippen LogP contribution is 2.47. The number of hydrogen-bond donors (Lipinski definition) is 0. The van der Waals surface area contributed by atoms with E-state index in [4.69, 9.17) is 24.2 Å². The van der Waals surface area contributed by atoms with Crippen LogP contribution in [0.5, 0.6) is 11.5 Å². The van der Waals surface area contributed by atoms with Crippen LogP contribution in [0.1, 0.15) is 11.3 Å². The lowest BCUT2D eigenvalue weighted by Gasteiger charge is -2.37. The highest BCUT2D eigenvalue weighted by molar-refractivity contribution is 5.81. The third-order valence-electron chi connectivity index (χ3n) is 5.04. The van der Waals surface area contributed by atoms with Crippen molar-refractivity contribution in [3.05, 3.63) is 84.1 Å². The van der Waals surface area contributed by atoms with E-state index >= 15 is 0 Å². The highest BCUT2D eigenvalue weighted by atomic mass is 16.7. The van der Waals surface area contributed by atoms with Gasteiger partial charge in [0.15, 0.2) is 0 Å². The molecule has 0 aliphatic carbocycles. The molecule has 5 rings (SSSR count). The summed E-state index contributed by atoms with van der Waals surface area (Å²) in [5.41, 5.74) is 4.74. The number of para-hydroxylation sites is 3. The molecule has 1 aliphatic heterocycles. The van der Waals surface area contributed by atoms with Crippen LogP contribution in [0.25, 0.3) is 22.3 Å². The van der Waals surface area contributed by atoms with E-state index < -0.39 is 5.79 Å². The van der Waals surface area contributed by atoms with Gasteiger partial charge in [0.2, 0.25) is 0 Å². The van der Waals surface area contributed by atoms with Gasteiger partial charge in [0.25, 0.3) is 5.79 Å².